The zero-order valence-corrected chi connectivity index (χ0v) is 15.6. The number of benzene rings is 1. The van der Waals surface area contributed by atoms with Gasteiger partial charge in [0.1, 0.15) is 12.4 Å². The fraction of sp³-hybridized carbons (Fsp3) is 0.529. The minimum Gasteiger partial charge on any atom is -0.492 e. The van der Waals surface area contributed by atoms with Crippen molar-refractivity contribution < 1.29 is 14.3 Å². The van der Waals surface area contributed by atoms with Gasteiger partial charge in [0, 0.05) is 7.05 Å². The third kappa shape index (κ3) is 7.66. The Morgan fingerprint density at radius 1 is 1.25 bits per heavy atom. The van der Waals surface area contributed by atoms with E-state index in [1.165, 1.54) is 10.5 Å². The van der Waals surface area contributed by atoms with Crippen LogP contribution in [-0.4, -0.2) is 49.5 Å². The zero-order valence-electron chi connectivity index (χ0n) is 14.7. The van der Waals surface area contributed by atoms with Crippen LogP contribution < -0.4 is 15.8 Å². The van der Waals surface area contributed by atoms with Crippen LogP contribution in [0.5, 0.6) is 5.75 Å². The normalized spacial score (nSPS) is 11.4. The van der Waals surface area contributed by atoms with Gasteiger partial charge in [-0.05, 0) is 25.0 Å². The highest BCUT2D eigenvalue weighted by atomic mass is 35.5. The molecule has 0 saturated carbocycles. The van der Waals surface area contributed by atoms with Gasteiger partial charge >= 0.3 is 0 Å². The van der Waals surface area contributed by atoms with E-state index < -0.39 is 6.04 Å². The van der Waals surface area contributed by atoms with E-state index in [-0.39, 0.29) is 36.7 Å². The van der Waals surface area contributed by atoms with Crippen LogP contribution in [0.25, 0.3) is 0 Å². The number of carbonyl (C=O) groups is 2. The van der Waals surface area contributed by atoms with Gasteiger partial charge in [0.25, 0.3) is 0 Å². The number of hydrogen-bond acceptors (Lipinski definition) is 4. The van der Waals surface area contributed by atoms with E-state index in [1.54, 1.807) is 7.05 Å². The summed E-state index contributed by atoms with van der Waals surface area (Å²) >= 11 is 0. The van der Waals surface area contributed by atoms with E-state index in [0.29, 0.717) is 13.2 Å². The standard InChI is InChI=1S/C17H27N3O3.ClH/c1-12(2)16(18)17(22)19-11-15(21)20(4)9-10-23-14-7-5-13(3)6-8-14;/h5-8,12,16H,9-11,18H2,1-4H3,(H,19,22);1H/t16-;/m0./s1. The Morgan fingerprint density at radius 2 is 1.83 bits per heavy atom. The predicted octanol–water partition coefficient (Wildman–Crippen LogP) is 1.35. The van der Waals surface area contributed by atoms with Crippen molar-refractivity contribution in [3.8, 4) is 5.75 Å². The molecule has 6 nitrogen and oxygen atoms in total. The Labute approximate surface area is 150 Å². The summed E-state index contributed by atoms with van der Waals surface area (Å²) < 4.78 is 5.58. The summed E-state index contributed by atoms with van der Waals surface area (Å²) in [5.41, 5.74) is 6.89. The molecule has 3 N–H and O–H groups in total. The largest absolute Gasteiger partial charge is 0.492 e. The molecular weight excluding hydrogens is 330 g/mol. The van der Waals surface area contributed by atoms with E-state index in [0.717, 1.165) is 5.75 Å². The van der Waals surface area contributed by atoms with Crippen LogP contribution in [0.15, 0.2) is 24.3 Å². The lowest BCUT2D eigenvalue weighted by Gasteiger charge is -2.19. The third-order valence-electron chi connectivity index (χ3n) is 3.58. The molecule has 0 aliphatic carbocycles. The molecule has 2 amide bonds. The predicted molar refractivity (Wildman–Crippen MR) is 97.4 cm³/mol. The van der Waals surface area contributed by atoms with Crippen LogP contribution in [0.3, 0.4) is 0 Å². The van der Waals surface area contributed by atoms with Gasteiger partial charge in [0.05, 0.1) is 19.1 Å². The van der Waals surface area contributed by atoms with Crippen LogP contribution in [0.2, 0.25) is 0 Å². The SMILES string of the molecule is Cc1ccc(OCCN(C)C(=O)CNC(=O)[C@@H](N)C(C)C)cc1.Cl. The maximum atomic E-state index is 11.9. The molecule has 7 heteroatoms. The highest BCUT2D eigenvalue weighted by Gasteiger charge is 2.18. The summed E-state index contributed by atoms with van der Waals surface area (Å²) in [5, 5.41) is 2.56. The molecule has 1 atom stereocenters. The summed E-state index contributed by atoms with van der Waals surface area (Å²) in [4.78, 5) is 25.2. The number of rotatable bonds is 8. The molecule has 0 fully saturated rings. The summed E-state index contributed by atoms with van der Waals surface area (Å²) in [7, 11) is 1.68. The first-order valence-corrected chi connectivity index (χ1v) is 7.78. The fourth-order valence-electron chi connectivity index (χ4n) is 1.78. The highest BCUT2D eigenvalue weighted by Crippen LogP contribution is 2.11. The zero-order chi connectivity index (χ0) is 17.4. The average Bonchev–Trinajstić information content (AvgIpc) is 2.53. The van der Waals surface area contributed by atoms with Crippen LogP contribution in [0, 0.1) is 12.8 Å². The minimum atomic E-state index is -0.599. The minimum absolute atomic E-state index is 0. The van der Waals surface area contributed by atoms with Gasteiger partial charge in [0.15, 0.2) is 0 Å². The van der Waals surface area contributed by atoms with Crippen molar-refractivity contribution in [1.82, 2.24) is 10.2 Å². The number of carbonyl (C=O) groups excluding carboxylic acids is 2. The topological polar surface area (TPSA) is 84.7 Å². The number of hydrogen-bond donors (Lipinski definition) is 2. The Kier molecular flexibility index (Phi) is 10.1. The number of ether oxygens (including phenoxy) is 1. The molecule has 1 rings (SSSR count). The first-order chi connectivity index (χ1) is 10.8. The van der Waals surface area contributed by atoms with E-state index >= 15 is 0 Å². The molecular formula is C17H28ClN3O3. The summed E-state index contributed by atoms with van der Waals surface area (Å²) in [6.07, 6.45) is 0. The van der Waals surface area contributed by atoms with Gasteiger partial charge < -0.3 is 20.7 Å². The van der Waals surface area contributed by atoms with Crippen molar-refractivity contribution in [3.05, 3.63) is 29.8 Å². The third-order valence-corrected chi connectivity index (χ3v) is 3.58. The highest BCUT2D eigenvalue weighted by molar-refractivity contribution is 5.87. The summed E-state index contributed by atoms with van der Waals surface area (Å²) in [6, 6.07) is 7.13. The lowest BCUT2D eigenvalue weighted by Crippen LogP contribution is -2.47. The first kappa shape index (κ1) is 22.2. The van der Waals surface area contributed by atoms with Gasteiger partial charge in [-0.15, -0.1) is 12.4 Å². The number of nitrogens with one attached hydrogen (secondary N) is 1. The van der Waals surface area contributed by atoms with Gasteiger partial charge in [-0.1, -0.05) is 31.5 Å². The average molecular weight is 358 g/mol. The van der Waals surface area contributed by atoms with E-state index in [2.05, 4.69) is 5.32 Å². The molecule has 0 bridgehead atoms. The van der Waals surface area contributed by atoms with Gasteiger partial charge in [-0.3, -0.25) is 9.59 Å². The molecule has 24 heavy (non-hydrogen) atoms. The summed E-state index contributed by atoms with van der Waals surface area (Å²) in [6.45, 7) is 6.51. The van der Waals surface area contributed by atoms with Gasteiger partial charge in [0.2, 0.25) is 11.8 Å². The second-order valence-electron chi connectivity index (χ2n) is 5.96. The first-order valence-electron chi connectivity index (χ1n) is 7.78. The Bertz CT molecular complexity index is 520. The monoisotopic (exact) mass is 357 g/mol. The Balaban J connectivity index is 0.00000529. The van der Waals surface area contributed by atoms with Crippen LogP contribution in [0.1, 0.15) is 19.4 Å². The second kappa shape index (κ2) is 10.9. The van der Waals surface area contributed by atoms with E-state index in [4.69, 9.17) is 10.5 Å². The van der Waals surface area contributed by atoms with Gasteiger partial charge in [-0.25, -0.2) is 0 Å². The van der Waals surface area contributed by atoms with Crippen molar-refractivity contribution >= 4 is 24.2 Å². The molecule has 1 aromatic rings. The van der Waals surface area contributed by atoms with Gasteiger partial charge in [-0.2, -0.15) is 0 Å². The molecule has 0 aliphatic heterocycles. The molecule has 0 spiro atoms. The van der Waals surface area contributed by atoms with Crippen molar-refractivity contribution in [2.75, 3.05) is 26.7 Å². The van der Waals surface area contributed by atoms with Crippen molar-refractivity contribution in [3.63, 3.8) is 0 Å². The van der Waals surface area contributed by atoms with E-state index in [9.17, 15) is 9.59 Å². The number of amides is 2. The Hall–Kier alpha value is -1.79. The summed E-state index contributed by atoms with van der Waals surface area (Å²) in [5.74, 6) is 0.317. The van der Waals surface area contributed by atoms with Crippen LogP contribution in [-0.2, 0) is 9.59 Å². The molecule has 0 saturated heterocycles. The number of halogens is 1. The van der Waals surface area contributed by atoms with Crippen LogP contribution in [0.4, 0.5) is 0 Å². The number of nitrogens with two attached hydrogens (primary N) is 1. The maximum Gasteiger partial charge on any atom is 0.241 e. The van der Waals surface area contributed by atoms with E-state index in [1.807, 2.05) is 45.0 Å². The molecule has 0 heterocycles. The number of nitrogens with zero attached hydrogens (tertiary/aromatic N) is 1. The lowest BCUT2D eigenvalue weighted by molar-refractivity contribution is -0.132. The molecule has 0 aromatic heterocycles. The maximum absolute atomic E-state index is 11.9. The smallest absolute Gasteiger partial charge is 0.241 e. The fourth-order valence-corrected chi connectivity index (χ4v) is 1.78. The van der Waals surface area contributed by atoms with Crippen molar-refractivity contribution in [2.24, 2.45) is 11.7 Å². The molecule has 0 radical (unpaired) electrons. The van der Waals surface area contributed by atoms with Crippen molar-refractivity contribution in [2.45, 2.75) is 26.8 Å². The molecule has 0 aliphatic rings. The lowest BCUT2D eigenvalue weighted by atomic mass is 10.1. The molecule has 0 unspecified atom stereocenters. The number of likely N-dealkylation sites (N-methyl/N-ethyl adjacent to an activating group) is 1. The molecule has 136 valence electrons. The second-order valence-corrected chi connectivity index (χ2v) is 5.96. The molecule has 1 aromatic carbocycles. The van der Waals surface area contributed by atoms with Crippen molar-refractivity contribution in [1.29, 1.82) is 0 Å². The Morgan fingerprint density at radius 3 is 2.38 bits per heavy atom. The quantitative estimate of drug-likeness (QED) is 0.735. The number of aryl methyl sites for hydroxylation is 1. The van der Waals surface area contributed by atoms with Crippen LogP contribution >= 0.6 is 12.4 Å².